The van der Waals surface area contributed by atoms with E-state index in [1.54, 1.807) is 0 Å². The molecule has 2 nitrogen and oxygen atoms in total. The summed E-state index contributed by atoms with van der Waals surface area (Å²) in [5, 5.41) is 0. The monoisotopic (exact) mass is 310 g/mol. The van der Waals surface area contributed by atoms with Crippen LogP contribution in [-0.2, 0) is 0 Å². The minimum atomic E-state index is 0.357. The zero-order valence-corrected chi connectivity index (χ0v) is 17.1. The van der Waals surface area contributed by atoms with Crippen LogP contribution in [0.15, 0.2) is 0 Å². The highest BCUT2D eigenvalue weighted by atomic mass is 15.3. The Hall–Kier alpha value is -0.0800. The lowest BCUT2D eigenvalue weighted by Crippen LogP contribution is -2.61. The summed E-state index contributed by atoms with van der Waals surface area (Å²) in [6, 6.07) is 1.59. The van der Waals surface area contributed by atoms with Crippen LogP contribution in [0, 0.1) is 5.41 Å². The van der Waals surface area contributed by atoms with Gasteiger partial charge in [-0.2, -0.15) is 0 Å². The van der Waals surface area contributed by atoms with Gasteiger partial charge in [0.05, 0.1) is 0 Å². The molecule has 2 aliphatic heterocycles. The van der Waals surface area contributed by atoms with Gasteiger partial charge in [0.15, 0.2) is 0 Å². The van der Waals surface area contributed by atoms with E-state index in [-0.39, 0.29) is 0 Å². The van der Waals surface area contributed by atoms with Crippen molar-refractivity contribution in [1.29, 1.82) is 0 Å². The lowest BCUT2D eigenvalue weighted by atomic mass is 9.76. The Kier molecular flexibility index (Phi) is 6.18. The molecule has 0 spiro atoms. The summed E-state index contributed by atoms with van der Waals surface area (Å²) in [5.41, 5.74) is 1.19. The maximum Gasteiger partial charge on any atom is 0.0161 e. The summed E-state index contributed by atoms with van der Waals surface area (Å²) in [6.07, 6.45) is 4.15. The van der Waals surface area contributed by atoms with E-state index in [1.807, 2.05) is 0 Å². The second-order valence-corrected chi connectivity index (χ2v) is 10.4. The van der Waals surface area contributed by atoms with E-state index in [1.165, 1.54) is 32.4 Å². The molecule has 0 radical (unpaired) electrons. The van der Waals surface area contributed by atoms with Crippen LogP contribution in [-0.4, -0.2) is 46.1 Å². The molecule has 0 bridgehead atoms. The molecule has 0 saturated carbocycles. The molecular formula is C20H42N2. The number of rotatable bonds is 0. The number of hydrogen-bond acceptors (Lipinski definition) is 2. The number of likely N-dealkylation sites (tertiary alicyclic amines) is 2. The molecular weight excluding hydrogens is 268 g/mol. The van der Waals surface area contributed by atoms with Gasteiger partial charge in [0.25, 0.3) is 0 Å². The summed E-state index contributed by atoms with van der Waals surface area (Å²) in [4.78, 5) is 5.21. The predicted molar refractivity (Wildman–Crippen MR) is 99.5 cm³/mol. The van der Waals surface area contributed by atoms with Gasteiger partial charge >= 0.3 is 0 Å². The Morgan fingerprint density at radius 3 is 1.32 bits per heavy atom. The molecule has 0 aromatic heterocycles. The number of nitrogens with zero attached hydrogens (tertiary/aromatic N) is 2. The highest BCUT2D eigenvalue weighted by Crippen LogP contribution is 2.38. The molecule has 2 fully saturated rings. The lowest BCUT2D eigenvalue weighted by molar-refractivity contribution is -0.0530. The SMILES string of the molecule is CC(C)(C)C1CCN1C(C)(C)C.C[C@@H]1CCCN1C(C)(C)C. The maximum atomic E-state index is 2.62. The van der Waals surface area contributed by atoms with Crippen molar-refractivity contribution in [2.75, 3.05) is 13.1 Å². The Morgan fingerprint density at radius 1 is 0.682 bits per heavy atom. The summed E-state index contributed by atoms with van der Waals surface area (Å²) < 4.78 is 0. The van der Waals surface area contributed by atoms with Crippen LogP contribution in [0.5, 0.6) is 0 Å². The molecule has 22 heavy (non-hydrogen) atoms. The highest BCUT2D eigenvalue weighted by Gasteiger charge is 2.42. The molecule has 2 heteroatoms. The zero-order chi connectivity index (χ0) is 17.3. The Labute approximate surface area is 140 Å². The second kappa shape index (κ2) is 6.81. The second-order valence-electron chi connectivity index (χ2n) is 10.4. The van der Waals surface area contributed by atoms with Gasteiger partial charge in [-0.3, -0.25) is 9.80 Å². The van der Waals surface area contributed by atoms with Gasteiger partial charge in [0, 0.05) is 29.7 Å². The van der Waals surface area contributed by atoms with Crippen molar-refractivity contribution >= 4 is 0 Å². The summed E-state index contributed by atoms with van der Waals surface area (Å²) in [5.74, 6) is 0. The fourth-order valence-corrected chi connectivity index (χ4v) is 4.02. The number of hydrogen-bond donors (Lipinski definition) is 0. The van der Waals surface area contributed by atoms with Crippen molar-refractivity contribution in [1.82, 2.24) is 9.80 Å². The fourth-order valence-electron chi connectivity index (χ4n) is 4.02. The van der Waals surface area contributed by atoms with Crippen LogP contribution in [0.1, 0.15) is 88.5 Å². The third-order valence-corrected chi connectivity index (χ3v) is 5.30. The third kappa shape index (κ3) is 5.23. The molecule has 0 aromatic rings. The van der Waals surface area contributed by atoms with E-state index < -0.39 is 0 Å². The van der Waals surface area contributed by atoms with Gasteiger partial charge in [-0.15, -0.1) is 0 Å². The molecule has 2 atom stereocenters. The molecule has 0 N–H and O–H groups in total. The van der Waals surface area contributed by atoms with Crippen LogP contribution in [0.2, 0.25) is 0 Å². The Balaban J connectivity index is 0.000000224. The molecule has 132 valence electrons. The molecule has 2 aliphatic rings. The van der Waals surface area contributed by atoms with Gasteiger partial charge in [-0.05, 0) is 79.7 Å². The normalized spacial score (nSPS) is 28.1. The average Bonchev–Trinajstić information content (AvgIpc) is 2.56. The third-order valence-electron chi connectivity index (χ3n) is 5.30. The Bertz CT molecular complexity index is 320. The van der Waals surface area contributed by atoms with Crippen molar-refractivity contribution in [3.8, 4) is 0 Å². The van der Waals surface area contributed by atoms with E-state index in [4.69, 9.17) is 0 Å². The first kappa shape index (κ1) is 20.0. The van der Waals surface area contributed by atoms with Gasteiger partial charge in [-0.1, -0.05) is 20.8 Å². The van der Waals surface area contributed by atoms with E-state index in [0.717, 1.165) is 12.1 Å². The van der Waals surface area contributed by atoms with Gasteiger partial charge in [0.1, 0.15) is 0 Å². The molecule has 0 aromatic carbocycles. The van der Waals surface area contributed by atoms with Crippen molar-refractivity contribution in [3.63, 3.8) is 0 Å². The summed E-state index contributed by atoms with van der Waals surface area (Å²) in [6.45, 7) is 25.8. The quantitative estimate of drug-likeness (QED) is 0.608. The highest BCUT2D eigenvalue weighted by molar-refractivity contribution is 4.97. The molecule has 0 amide bonds. The predicted octanol–water partition coefficient (Wildman–Crippen LogP) is 5.17. The summed E-state index contributed by atoms with van der Waals surface area (Å²) in [7, 11) is 0. The van der Waals surface area contributed by atoms with E-state index in [0.29, 0.717) is 16.5 Å². The molecule has 2 heterocycles. The van der Waals surface area contributed by atoms with Crippen molar-refractivity contribution in [3.05, 3.63) is 0 Å². The minimum absolute atomic E-state index is 0.357. The lowest BCUT2D eigenvalue weighted by Gasteiger charge is -2.55. The topological polar surface area (TPSA) is 6.48 Å². The smallest absolute Gasteiger partial charge is 0.0161 e. The maximum absolute atomic E-state index is 2.62. The first-order valence-corrected chi connectivity index (χ1v) is 9.28. The minimum Gasteiger partial charge on any atom is -0.296 e. The van der Waals surface area contributed by atoms with E-state index in [9.17, 15) is 0 Å². The van der Waals surface area contributed by atoms with Crippen molar-refractivity contribution < 1.29 is 0 Å². The van der Waals surface area contributed by atoms with Gasteiger partial charge in [-0.25, -0.2) is 0 Å². The van der Waals surface area contributed by atoms with Crippen LogP contribution in [0.3, 0.4) is 0 Å². The van der Waals surface area contributed by atoms with Crippen LogP contribution < -0.4 is 0 Å². The Morgan fingerprint density at radius 2 is 1.18 bits per heavy atom. The summed E-state index contributed by atoms with van der Waals surface area (Å²) >= 11 is 0. The van der Waals surface area contributed by atoms with Crippen LogP contribution >= 0.6 is 0 Å². The van der Waals surface area contributed by atoms with Gasteiger partial charge < -0.3 is 0 Å². The van der Waals surface area contributed by atoms with Crippen LogP contribution in [0.25, 0.3) is 0 Å². The zero-order valence-electron chi connectivity index (χ0n) is 17.1. The van der Waals surface area contributed by atoms with E-state index >= 15 is 0 Å². The molecule has 2 saturated heterocycles. The van der Waals surface area contributed by atoms with E-state index in [2.05, 4.69) is 79.0 Å². The standard InChI is InChI=1S/C11H23N.C9H19N/c1-10(2,3)9-7-8-12(9)11(4,5)6;1-8-6-5-7-10(8)9(2,3)4/h9H,7-8H2,1-6H3;8H,5-7H2,1-4H3/t;8-/m.1/s1. The fraction of sp³-hybridized carbons (Fsp3) is 1.00. The molecule has 0 aliphatic carbocycles. The molecule has 2 rings (SSSR count). The van der Waals surface area contributed by atoms with Gasteiger partial charge in [0.2, 0.25) is 0 Å². The molecule has 1 unspecified atom stereocenters. The first-order chi connectivity index (χ1) is 9.74. The van der Waals surface area contributed by atoms with Crippen molar-refractivity contribution in [2.45, 2.75) is 112 Å². The average molecular weight is 311 g/mol. The van der Waals surface area contributed by atoms with Crippen LogP contribution in [0.4, 0.5) is 0 Å². The largest absolute Gasteiger partial charge is 0.296 e. The first-order valence-electron chi connectivity index (χ1n) is 9.28. The van der Waals surface area contributed by atoms with Crippen molar-refractivity contribution in [2.24, 2.45) is 5.41 Å².